The van der Waals surface area contributed by atoms with Crippen LogP contribution in [0.1, 0.15) is 26.7 Å². The summed E-state index contributed by atoms with van der Waals surface area (Å²) in [5, 5.41) is 0. The van der Waals surface area contributed by atoms with E-state index in [0.29, 0.717) is 23.8 Å². The Kier molecular flexibility index (Phi) is 1.25. The summed E-state index contributed by atoms with van der Waals surface area (Å²) in [6.07, 6.45) is 2.29. The number of fused-ring (bicyclic) bond motifs is 2. The molecule has 0 aromatic heterocycles. The number of ether oxygens (including phenoxy) is 1. The third-order valence-electron chi connectivity index (χ3n) is 3.63. The molecule has 13 heavy (non-hydrogen) atoms. The number of hydrogen-bond acceptors (Lipinski definition) is 2. The Morgan fingerprint density at radius 3 is 3.00 bits per heavy atom. The maximum atomic E-state index is 11.9. The van der Waals surface area contributed by atoms with Crippen LogP contribution in [0.25, 0.3) is 0 Å². The summed E-state index contributed by atoms with van der Waals surface area (Å²) < 4.78 is 5.63. The standard InChI is InChI=1S/C10H15NO2/c1-10(2)11-7(5-13-10)3-6-4-8(6)9(11)12/h6-8H,3-5H2,1-2H3/t6?,7-,8+/m0/s1. The van der Waals surface area contributed by atoms with Crippen molar-refractivity contribution in [2.24, 2.45) is 11.8 Å². The lowest BCUT2D eigenvalue weighted by molar-refractivity contribution is -0.150. The number of carbonyl (C=O) groups is 1. The zero-order valence-electron chi connectivity index (χ0n) is 8.12. The molecule has 3 nitrogen and oxygen atoms in total. The van der Waals surface area contributed by atoms with Crippen LogP contribution >= 0.6 is 0 Å². The van der Waals surface area contributed by atoms with E-state index < -0.39 is 0 Å². The van der Waals surface area contributed by atoms with E-state index in [9.17, 15) is 4.79 Å². The Labute approximate surface area is 78.0 Å². The number of hydrogen-bond donors (Lipinski definition) is 0. The van der Waals surface area contributed by atoms with Crippen molar-refractivity contribution in [2.45, 2.75) is 38.5 Å². The van der Waals surface area contributed by atoms with Gasteiger partial charge in [0.1, 0.15) is 5.72 Å². The summed E-state index contributed by atoms with van der Waals surface area (Å²) in [5.74, 6) is 1.37. The molecule has 0 spiro atoms. The Morgan fingerprint density at radius 1 is 1.46 bits per heavy atom. The van der Waals surface area contributed by atoms with Crippen LogP contribution in [0, 0.1) is 11.8 Å². The van der Waals surface area contributed by atoms with Crippen molar-refractivity contribution in [1.29, 1.82) is 0 Å². The minimum absolute atomic E-state index is 0.337. The third-order valence-corrected chi connectivity index (χ3v) is 3.63. The highest BCUT2D eigenvalue weighted by atomic mass is 16.5. The summed E-state index contributed by atoms with van der Waals surface area (Å²) in [6.45, 7) is 4.73. The minimum atomic E-state index is -0.352. The lowest BCUT2D eigenvalue weighted by Gasteiger charge is -2.36. The molecule has 3 fully saturated rings. The van der Waals surface area contributed by atoms with E-state index in [1.54, 1.807) is 0 Å². The molecule has 0 aromatic carbocycles. The molecule has 0 N–H and O–H groups in total. The first-order chi connectivity index (χ1) is 6.09. The molecule has 72 valence electrons. The SMILES string of the molecule is CC1(C)OC[C@@H]2CC3C[C@H]3C(=O)N21. The van der Waals surface area contributed by atoms with E-state index in [4.69, 9.17) is 4.74 Å². The Balaban J connectivity index is 1.94. The van der Waals surface area contributed by atoms with Crippen molar-refractivity contribution in [3.8, 4) is 0 Å². The van der Waals surface area contributed by atoms with Gasteiger partial charge < -0.3 is 9.64 Å². The van der Waals surface area contributed by atoms with Crippen LogP contribution in [0.5, 0.6) is 0 Å². The maximum Gasteiger partial charge on any atom is 0.228 e. The zero-order valence-corrected chi connectivity index (χ0v) is 8.12. The fraction of sp³-hybridized carbons (Fsp3) is 0.900. The first-order valence-corrected chi connectivity index (χ1v) is 5.07. The summed E-state index contributed by atoms with van der Waals surface area (Å²) in [6, 6.07) is 0.367. The second-order valence-corrected chi connectivity index (χ2v) is 4.96. The fourth-order valence-corrected chi connectivity index (χ4v) is 2.84. The predicted molar refractivity (Wildman–Crippen MR) is 46.9 cm³/mol. The number of amides is 1. The molecular weight excluding hydrogens is 166 g/mol. The average Bonchev–Trinajstić information content (AvgIpc) is 2.73. The van der Waals surface area contributed by atoms with Crippen molar-refractivity contribution >= 4 is 5.91 Å². The minimum Gasteiger partial charge on any atom is -0.354 e. The normalized spacial score (nSPS) is 45.8. The van der Waals surface area contributed by atoms with Crippen molar-refractivity contribution in [2.75, 3.05) is 6.61 Å². The summed E-state index contributed by atoms with van der Waals surface area (Å²) in [7, 11) is 0. The maximum absolute atomic E-state index is 11.9. The molecule has 1 saturated carbocycles. The number of piperidine rings is 1. The van der Waals surface area contributed by atoms with Gasteiger partial charge in [0, 0.05) is 5.92 Å². The Morgan fingerprint density at radius 2 is 2.23 bits per heavy atom. The monoisotopic (exact) mass is 181 g/mol. The molecule has 0 aromatic rings. The van der Waals surface area contributed by atoms with Gasteiger partial charge in [-0.3, -0.25) is 4.79 Å². The number of nitrogens with zero attached hydrogens (tertiary/aromatic N) is 1. The van der Waals surface area contributed by atoms with Crippen molar-refractivity contribution < 1.29 is 9.53 Å². The van der Waals surface area contributed by atoms with E-state index in [1.807, 2.05) is 18.7 Å². The predicted octanol–water partition coefficient (Wildman–Crippen LogP) is 0.990. The molecule has 2 aliphatic heterocycles. The smallest absolute Gasteiger partial charge is 0.228 e. The largest absolute Gasteiger partial charge is 0.354 e. The molecule has 0 bridgehead atoms. The van der Waals surface area contributed by atoms with Crippen LogP contribution in [-0.4, -0.2) is 29.2 Å². The van der Waals surface area contributed by atoms with Gasteiger partial charge in [-0.2, -0.15) is 0 Å². The van der Waals surface area contributed by atoms with Crippen LogP contribution < -0.4 is 0 Å². The first-order valence-electron chi connectivity index (χ1n) is 5.07. The lowest BCUT2D eigenvalue weighted by Crippen LogP contribution is -2.50. The van der Waals surface area contributed by atoms with E-state index in [1.165, 1.54) is 6.42 Å². The molecule has 2 saturated heterocycles. The van der Waals surface area contributed by atoms with Crippen LogP contribution in [0.15, 0.2) is 0 Å². The second kappa shape index (κ2) is 2.08. The lowest BCUT2D eigenvalue weighted by atomic mass is 10.0. The van der Waals surface area contributed by atoms with Gasteiger partial charge in [0.2, 0.25) is 5.91 Å². The van der Waals surface area contributed by atoms with Gasteiger partial charge in [-0.1, -0.05) is 0 Å². The molecule has 3 aliphatic rings. The van der Waals surface area contributed by atoms with E-state index in [2.05, 4.69) is 0 Å². The Bertz CT molecular complexity index is 274. The Hall–Kier alpha value is -0.570. The van der Waals surface area contributed by atoms with E-state index >= 15 is 0 Å². The molecular formula is C10H15NO2. The molecule has 1 amide bonds. The van der Waals surface area contributed by atoms with Gasteiger partial charge >= 0.3 is 0 Å². The summed E-state index contributed by atoms with van der Waals surface area (Å²) in [5.41, 5.74) is -0.352. The molecule has 2 heterocycles. The van der Waals surface area contributed by atoms with Crippen LogP contribution in [0.3, 0.4) is 0 Å². The molecule has 3 atom stereocenters. The quantitative estimate of drug-likeness (QED) is 0.557. The van der Waals surface area contributed by atoms with E-state index in [-0.39, 0.29) is 5.72 Å². The van der Waals surface area contributed by atoms with Crippen LogP contribution in [-0.2, 0) is 9.53 Å². The highest BCUT2D eigenvalue weighted by Gasteiger charge is 2.57. The average molecular weight is 181 g/mol. The molecule has 3 heteroatoms. The summed E-state index contributed by atoms with van der Waals surface area (Å²) >= 11 is 0. The zero-order chi connectivity index (χ0) is 9.22. The van der Waals surface area contributed by atoms with Gasteiger partial charge in [0.25, 0.3) is 0 Å². The van der Waals surface area contributed by atoms with Gasteiger partial charge in [-0.15, -0.1) is 0 Å². The van der Waals surface area contributed by atoms with Gasteiger partial charge in [0.15, 0.2) is 0 Å². The van der Waals surface area contributed by atoms with Gasteiger partial charge in [-0.05, 0) is 32.6 Å². The molecule has 1 aliphatic carbocycles. The fourth-order valence-electron chi connectivity index (χ4n) is 2.84. The molecule has 0 radical (unpaired) electrons. The third kappa shape index (κ3) is 0.909. The van der Waals surface area contributed by atoms with Gasteiger partial charge in [0.05, 0.1) is 12.6 Å². The number of rotatable bonds is 0. The molecule has 1 unspecified atom stereocenters. The first kappa shape index (κ1) is 7.80. The highest BCUT2D eigenvalue weighted by Crippen LogP contribution is 2.51. The summed E-state index contributed by atoms with van der Waals surface area (Å²) in [4.78, 5) is 13.9. The molecule has 3 rings (SSSR count). The highest BCUT2D eigenvalue weighted by molar-refractivity contribution is 5.84. The number of carbonyl (C=O) groups excluding carboxylic acids is 1. The van der Waals surface area contributed by atoms with Crippen molar-refractivity contribution in [3.63, 3.8) is 0 Å². The van der Waals surface area contributed by atoms with Gasteiger partial charge in [-0.25, -0.2) is 0 Å². The second-order valence-electron chi connectivity index (χ2n) is 4.96. The van der Waals surface area contributed by atoms with E-state index in [0.717, 1.165) is 13.0 Å². The topological polar surface area (TPSA) is 29.5 Å². The van der Waals surface area contributed by atoms with Crippen LogP contribution in [0.2, 0.25) is 0 Å². The van der Waals surface area contributed by atoms with Crippen LogP contribution in [0.4, 0.5) is 0 Å². The van der Waals surface area contributed by atoms with Crippen molar-refractivity contribution in [1.82, 2.24) is 4.90 Å². The van der Waals surface area contributed by atoms with Crippen molar-refractivity contribution in [3.05, 3.63) is 0 Å².